The van der Waals surface area contributed by atoms with E-state index in [2.05, 4.69) is 26.8 Å². The van der Waals surface area contributed by atoms with Gasteiger partial charge in [-0.15, -0.1) is 0 Å². The first-order valence-electron chi connectivity index (χ1n) is 5.31. The number of esters is 1. The Balaban J connectivity index is 3.06. The Morgan fingerprint density at radius 3 is 2.47 bits per heavy atom. The second-order valence-corrected chi connectivity index (χ2v) is 5.15. The maximum atomic E-state index is 11.4. The maximum absolute atomic E-state index is 11.4. The van der Waals surface area contributed by atoms with E-state index < -0.39 is 0 Å². The van der Waals surface area contributed by atoms with Crippen LogP contribution in [0.15, 0.2) is 22.8 Å². The van der Waals surface area contributed by atoms with Gasteiger partial charge < -0.3 is 4.74 Å². The third-order valence-electron chi connectivity index (χ3n) is 2.82. The summed E-state index contributed by atoms with van der Waals surface area (Å²) in [6.45, 7) is 8.42. The summed E-state index contributed by atoms with van der Waals surface area (Å²) in [7, 11) is 1.43. The van der Waals surface area contributed by atoms with Crippen molar-refractivity contribution in [2.75, 3.05) is 7.11 Å². The lowest BCUT2D eigenvalue weighted by Gasteiger charge is -2.30. The lowest BCUT2D eigenvalue weighted by molar-refractivity contribution is -0.136. The Morgan fingerprint density at radius 1 is 1.40 bits per heavy atom. The normalized spacial score (nSPS) is 23.1. The van der Waals surface area contributed by atoms with E-state index in [0.717, 1.165) is 24.0 Å². The minimum atomic E-state index is -0.216. The highest BCUT2D eigenvalue weighted by atomic mass is 16.5. The number of hydrogen-bond donors (Lipinski definition) is 0. The van der Waals surface area contributed by atoms with Crippen molar-refractivity contribution in [1.29, 1.82) is 0 Å². The predicted molar refractivity (Wildman–Crippen MR) is 61.5 cm³/mol. The van der Waals surface area contributed by atoms with Crippen molar-refractivity contribution < 1.29 is 9.53 Å². The zero-order valence-electron chi connectivity index (χ0n) is 10.3. The fraction of sp³-hybridized carbons (Fsp3) is 0.615. The number of allylic oxidation sites excluding steroid dienone is 3. The van der Waals surface area contributed by atoms with Crippen LogP contribution in [0.2, 0.25) is 0 Å². The van der Waals surface area contributed by atoms with Crippen LogP contribution in [0.1, 0.15) is 40.5 Å². The summed E-state index contributed by atoms with van der Waals surface area (Å²) >= 11 is 0. The number of carbonyl (C=O) groups is 1. The Hall–Kier alpha value is -1.05. The minimum Gasteiger partial charge on any atom is -0.466 e. The largest absolute Gasteiger partial charge is 0.466 e. The summed E-state index contributed by atoms with van der Waals surface area (Å²) in [6.07, 6.45) is 4.17. The highest BCUT2D eigenvalue weighted by Crippen LogP contribution is 2.38. The van der Waals surface area contributed by atoms with Gasteiger partial charge in [0.25, 0.3) is 0 Å². The molecule has 0 unspecified atom stereocenters. The Kier molecular flexibility index (Phi) is 3.38. The summed E-state index contributed by atoms with van der Waals surface area (Å²) in [5.41, 5.74) is 3.45. The molecule has 0 aromatic rings. The minimum absolute atomic E-state index is 0.216. The molecule has 0 bridgehead atoms. The molecule has 15 heavy (non-hydrogen) atoms. The molecule has 0 aromatic carbocycles. The van der Waals surface area contributed by atoms with Crippen molar-refractivity contribution in [2.24, 2.45) is 5.41 Å². The second kappa shape index (κ2) is 4.21. The molecule has 0 heterocycles. The second-order valence-electron chi connectivity index (χ2n) is 5.15. The van der Waals surface area contributed by atoms with Gasteiger partial charge in [-0.3, -0.25) is 0 Å². The standard InChI is InChI=1S/C13H20O2/c1-9-6-11(8-13(3,4)7-9)10(2)12(14)15-5/h6H,7-8H2,1-5H3/b11-10+. The van der Waals surface area contributed by atoms with Crippen LogP contribution in [-0.2, 0) is 9.53 Å². The fourth-order valence-electron chi connectivity index (χ4n) is 2.26. The van der Waals surface area contributed by atoms with Crippen LogP contribution in [0.3, 0.4) is 0 Å². The van der Waals surface area contributed by atoms with Crippen LogP contribution >= 0.6 is 0 Å². The van der Waals surface area contributed by atoms with E-state index in [0.29, 0.717) is 0 Å². The van der Waals surface area contributed by atoms with E-state index in [1.165, 1.54) is 12.7 Å². The molecular weight excluding hydrogens is 188 g/mol. The number of hydrogen-bond acceptors (Lipinski definition) is 2. The first-order valence-corrected chi connectivity index (χ1v) is 5.31. The van der Waals surface area contributed by atoms with Crippen molar-refractivity contribution in [3.05, 3.63) is 22.8 Å². The van der Waals surface area contributed by atoms with Crippen LogP contribution in [0.5, 0.6) is 0 Å². The molecule has 1 aliphatic carbocycles. The summed E-state index contributed by atoms with van der Waals surface area (Å²) in [5, 5.41) is 0. The molecule has 0 spiro atoms. The van der Waals surface area contributed by atoms with Crippen LogP contribution in [0, 0.1) is 5.41 Å². The predicted octanol–water partition coefficient (Wildman–Crippen LogP) is 3.24. The van der Waals surface area contributed by atoms with Gasteiger partial charge in [0.15, 0.2) is 0 Å². The van der Waals surface area contributed by atoms with E-state index in [4.69, 9.17) is 4.74 Å². The van der Waals surface area contributed by atoms with Crippen LogP contribution in [0.25, 0.3) is 0 Å². The molecule has 0 fully saturated rings. The number of rotatable bonds is 1. The molecule has 1 rings (SSSR count). The van der Waals surface area contributed by atoms with Gasteiger partial charge in [-0.05, 0) is 37.7 Å². The molecule has 0 atom stereocenters. The van der Waals surface area contributed by atoms with Crippen LogP contribution < -0.4 is 0 Å². The third-order valence-corrected chi connectivity index (χ3v) is 2.82. The van der Waals surface area contributed by atoms with E-state index in [-0.39, 0.29) is 11.4 Å². The molecule has 0 radical (unpaired) electrons. The van der Waals surface area contributed by atoms with Gasteiger partial charge in [-0.25, -0.2) is 4.79 Å². The zero-order valence-corrected chi connectivity index (χ0v) is 10.3. The lowest BCUT2D eigenvalue weighted by atomic mass is 9.74. The van der Waals surface area contributed by atoms with Gasteiger partial charge in [-0.2, -0.15) is 0 Å². The smallest absolute Gasteiger partial charge is 0.333 e. The van der Waals surface area contributed by atoms with Gasteiger partial charge in [0.05, 0.1) is 7.11 Å². The summed E-state index contributed by atoms with van der Waals surface area (Å²) < 4.78 is 4.74. The van der Waals surface area contributed by atoms with Gasteiger partial charge in [0, 0.05) is 5.57 Å². The molecule has 1 aliphatic rings. The van der Waals surface area contributed by atoms with E-state index in [1.807, 2.05) is 6.92 Å². The molecule has 84 valence electrons. The molecular formula is C13H20O2. The number of ether oxygens (including phenoxy) is 1. The first kappa shape index (κ1) is 12.0. The molecule has 2 nitrogen and oxygen atoms in total. The zero-order chi connectivity index (χ0) is 11.6. The summed E-state index contributed by atoms with van der Waals surface area (Å²) in [5.74, 6) is -0.216. The average molecular weight is 208 g/mol. The Bertz CT molecular complexity index is 332. The van der Waals surface area contributed by atoms with Crippen molar-refractivity contribution in [2.45, 2.75) is 40.5 Å². The fourth-order valence-corrected chi connectivity index (χ4v) is 2.26. The molecule has 0 saturated carbocycles. The van der Waals surface area contributed by atoms with Crippen molar-refractivity contribution >= 4 is 5.97 Å². The molecule has 2 heteroatoms. The van der Waals surface area contributed by atoms with Gasteiger partial charge in [0.1, 0.15) is 0 Å². The summed E-state index contributed by atoms with van der Waals surface area (Å²) in [6, 6.07) is 0. The lowest BCUT2D eigenvalue weighted by Crippen LogP contribution is -2.18. The summed E-state index contributed by atoms with van der Waals surface area (Å²) in [4.78, 5) is 11.4. The van der Waals surface area contributed by atoms with E-state index in [9.17, 15) is 4.79 Å². The van der Waals surface area contributed by atoms with E-state index >= 15 is 0 Å². The van der Waals surface area contributed by atoms with Crippen LogP contribution in [-0.4, -0.2) is 13.1 Å². The SMILES string of the molecule is COC(=O)/C(C)=C1\C=C(C)CC(C)(C)C1. The highest BCUT2D eigenvalue weighted by Gasteiger charge is 2.25. The third kappa shape index (κ3) is 2.95. The van der Waals surface area contributed by atoms with Crippen molar-refractivity contribution in [1.82, 2.24) is 0 Å². The van der Waals surface area contributed by atoms with Gasteiger partial charge >= 0.3 is 5.97 Å². The molecule has 0 saturated heterocycles. The maximum Gasteiger partial charge on any atom is 0.333 e. The topological polar surface area (TPSA) is 26.3 Å². The number of carbonyl (C=O) groups excluding carboxylic acids is 1. The van der Waals surface area contributed by atoms with Crippen LogP contribution in [0.4, 0.5) is 0 Å². The first-order chi connectivity index (χ1) is 6.85. The highest BCUT2D eigenvalue weighted by molar-refractivity contribution is 5.89. The van der Waals surface area contributed by atoms with Crippen molar-refractivity contribution in [3.63, 3.8) is 0 Å². The average Bonchev–Trinajstić information content (AvgIpc) is 2.12. The molecule has 0 aromatic heterocycles. The quantitative estimate of drug-likeness (QED) is 0.488. The Morgan fingerprint density at radius 2 is 2.00 bits per heavy atom. The number of methoxy groups -OCH3 is 1. The molecule has 0 amide bonds. The molecule has 0 aliphatic heterocycles. The van der Waals surface area contributed by atoms with Crippen molar-refractivity contribution in [3.8, 4) is 0 Å². The molecule has 0 N–H and O–H groups in total. The van der Waals surface area contributed by atoms with Gasteiger partial charge in [-0.1, -0.05) is 25.5 Å². The monoisotopic (exact) mass is 208 g/mol. The Labute approximate surface area is 92.0 Å². The van der Waals surface area contributed by atoms with E-state index in [1.54, 1.807) is 0 Å². The van der Waals surface area contributed by atoms with Gasteiger partial charge in [0.2, 0.25) is 0 Å².